The number of rotatable bonds is 6. The van der Waals surface area contributed by atoms with E-state index in [1.165, 1.54) is 17.1 Å². The van der Waals surface area contributed by atoms with Gasteiger partial charge in [0.1, 0.15) is 15.1 Å². The first kappa shape index (κ1) is 23.6. The number of carbonyl (C=O) groups is 2. The van der Waals surface area contributed by atoms with Crippen LogP contribution in [0.1, 0.15) is 38.5 Å². The van der Waals surface area contributed by atoms with Crippen LogP contribution in [0.25, 0.3) is 16.7 Å². The second-order valence-corrected chi connectivity index (χ2v) is 12.3. The topological polar surface area (TPSA) is 122 Å². The molecule has 3 aliphatic rings. The molecule has 3 heterocycles. The van der Waals surface area contributed by atoms with Gasteiger partial charge >= 0.3 is 0 Å². The van der Waals surface area contributed by atoms with Crippen molar-refractivity contribution in [3.8, 4) is 5.69 Å². The predicted octanol–water partition coefficient (Wildman–Crippen LogP) is 2.25. The first-order chi connectivity index (χ1) is 17.2. The van der Waals surface area contributed by atoms with Gasteiger partial charge in [0.25, 0.3) is 5.56 Å². The first-order valence-electron chi connectivity index (χ1n) is 12.3. The van der Waals surface area contributed by atoms with Crippen LogP contribution in [0.2, 0.25) is 0 Å². The number of benzene rings is 1. The van der Waals surface area contributed by atoms with E-state index in [0.717, 1.165) is 25.7 Å². The second kappa shape index (κ2) is 8.65. The summed E-state index contributed by atoms with van der Waals surface area (Å²) in [4.78, 5) is 44.3. The average Bonchev–Trinajstić information content (AvgIpc) is 3.80. The highest BCUT2D eigenvalue weighted by Gasteiger charge is 2.50. The van der Waals surface area contributed by atoms with Gasteiger partial charge in [-0.25, -0.2) is 9.67 Å². The van der Waals surface area contributed by atoms with Crippen molar-refractivity contribution < 1.29 is 14.7 Å². The van der Waals surface area contributed by atoms with Crippen LogP contribution < -0.4 is 10.9 Å². The summed E-state index contributed by atoms with van der Waals surface area (Å²) >= 11 is 2.24. The third-order valence-electron chi connectivity index (χ3n) is 7.38. The van der Waals surface area contributed by atoms with Crippen LogP contribution in [0.3, 0.4) is 0 Å². The summed E-state index contributed by atoms with van der Waals surface area (Å²) in [7, 11) is 0. The summed E-state index contributed by atoms with van der Waals surface area (Å²) in [5, 5.41) is 18.8. The van der Waals surface area contributed by atoms with E-state index in [2.05, 4.69) is 38.0 Å². The molecule has 6 rings (SSSR count). The van der Waals surface area contributed by atoms with E-state index in [1.807, 2.05) is 23.1 Å². The van der Waals surface area contributed by atoms with Gasteiger partial charge in [0.2, 0.25) is 11.8 Å². The molecule has 0 atom stereocenters. The molecule has 3 aromatic rings. The fourth-order valence-electron chi connectivity index (χ4n) is 4.76. The van der Waals surface area contributed by atoms with E-state index >= 15 is 0 Å². The zero-order valence-electron chi connectivity index (χ0n) is 19.7. The number of alkyl halides is 1. The van der Waals surface area contributed by atoms with Crippen molar-refractivity contribution in [3.05, 3.63) is 47.1 Å². The minimum absolute atomic E-state index is 0.0213. The molecule has 188 valence electrons. The zero-order chi connectivity index (χ0) is 25.1. The van der Waals surface area contributed by atoms with E-state index in [0.29, 0.717) is 48.3 Å². The fraction of sp³-hybridized carbons (Fsp3) is 0.480. The van der Waals surface area contributed by atoms with Gasteiger partial charge in [-0.3, -0.25) is 19.0 Å². The number of hydrogen-bond acceptors (Lipinski definition) is 6. The number of amides is 2. The highest BCUT2D eigenvalue weighted by Crippen LogP contribution is 2.47. The number of nitrogens with zero attached hydrogens (tertiary/aromatic N) is 5. The van der Waals surface area contributed by atoms with Crippen LogP contribution in [0, 0.1) is 5.92 Å². The molecule has 1 aromatic carbocycles. The Balaban J connectivity index is 1.19. The van der Waals surface area contributed by atoms with Crippen molar-refractivity contribution in [1.29, 1.82) is 0 Å². The third kappa shape index (κ3) is 4.42. The van der Waals surface area contributed by atoms with Crippen molar-refractivity contribution in [2.45, 2.75) is 54.1 Å². The van der Waals surface area contributed by atoms with Crippen LogP contribution in [-0.4, -0.2) is 63.3 Å². The number of anilines is 1. The lowest BCUT2D eigenvalue weighted by molar-refractivity contribution is -0.135. The Labute approximate surface area is 220 Å². The Bertz CT molecular complexity index is 1420. The minimum atomic E-state index is -1.08. The maximum atomic E-state index is 13.2. The van der Waals surface area contributed by atoms with Crippen LogP contribution in [0.4, 0.5) is 5.69 Å². The van der Waals surface area contributed by atoms with Crippen molar-refractivity contribution >= 4 is 51.1 Å². The lowest BCUT2D eigenvalue weighted by Crippen LogP contribution is -2.51. The van der Waals surface area contributed by atoms with Gasteiger partial charge in [0.05, 0.1) is 24.0 Å². The van der Waals surface area contributed by atoms with Crippen molar-refractivity contribution in [2.75, 3.05) is 18.4 Å². The lowest BCUT2D eigenvalue weighted by atomic mass is 9.91. The Hall–Kier alpha value is -2.80. The molecule has 2 N–H and O–H groups in total. The highest BCUT2D eigenvalue weighted by atomic mass is 127. The van der Waals surface area contributed by atoms with Gasteiger partial charge in [-0.1, -0.05) is 28.7 Å². The smallest absolute Gasteiger partial charge is 0.264 e. The van der Waals surface area contributed by atoms with E-state index < -0.39 is 5.60 Å². The fourth-order valence-corrected chi connectivity index (χ4v) is 5.37. The molecule has 0 unspecified atom stereocenters. The highest BCUT2D eigenvalue weighted by molar-refractivity contribution is 14.1. The number of halogens is 1. The van der Waals surface area contributed by atoms with Crippen LogP contribution in [-0.2, 0) is 16.1 Å². The standard InChI is InChI=1S/C25H27IN6O4/c26-25(6-7-25)23(35)30-10-8-24(36,9-11-30)14-31-15-27-20-19(22(31)34)13-28-32(20)18-3-1-2-17(12-18)29-21(33)16-4-5-16/h1-3,12-13,15-16,36H,4-11,14H2,(H,29,33). The van der Waals surface area contributed by atoms with Gasteiger partial charge < -0.3 is 15.3 Å². The summed E-state index contributed by atoms with van der Waals surface area (Å²) in [6, 6.07) is 7.29. The largest absolute Gasteiger partial charge is 0.388 e. The van der Waals surface area contributed by atoms with Gasteiger partial charge in [0, 0.05) is 24.7 Å². The molecular weight excluding hydrogens is 575 g/mol. The summed E-state index contributed by atoms with van der Waals surface area (Å²) < 4.78 is 2.75. The van der Waals surface area contributed by atoms with E-state index in [1.54, 1.807) is 10.7 Å². The van der Waals surface area contributed by atoms with E-state index in [9.17, 15) is 19.5 Å². The van der Waals surface area contributed by atoms with E-state index in [-0.39, 0.29) is 33.3 Å². The molecule has 11 heteroatoms. The summed E-state index contributed by atoms with van der Waals surface area (Å²) in [6.07, 6.45) is 7.44. The summed E-state index contributed by atoms with van der Waals surface area (Å²) in [5.41, 5.74) is 0.403. The molecule has 2 aliphatic carbocycles. The molecule has 2 aromatic heterocycles. The molecule has 2 saturated carbocycles. The second-order valence-electron chi connectivity index (χ2n) is 10.3. The molecule has 2 amide bonds. The molecule has 3 fully saturated rings. The monoisotopic (exact) mass is 602 g/mol. The number of aliphatic hydroxyl groups is 1. The number of aromatic nitrogens is 4. The average molecular weight is 602 g/mol. The Morgan fingerprint density at radius 2 is 1.92 bits per heavy atom. The van der Waals surface area contributed by atoms with Gasteiger partial charge in [0.15, 0.2) is 5.65 Å². The number of fused-ring (bicyclic) bond motifs is 1. The SMILES string of the molecule is O=C(Nc1cccc(-n2ncc3c(=O)n(CC4(O)CCN(C(=O)C5(I)CC5)CC4)cnc32)c1)C1CC1. The van der Waals surface area contributed by atoms with Crippen molar-refractivity contribution in [1.82, 2.24) is 24.2 Å². The molecule has 10 nitrogen and oxygen atoms in total. The van der Waals surface area contributed by atoms with Crippen molar-refractivity contribution in [3.63, 3.8) is 0 Å². The quantitative estimate of drug-likeness (QED) is 0.330. The zero-order valence-corrected chi connectivity index (χ0v) is 21.8. The number of piperidine rings is 1. The maximum Gasteiger partial charge on any atom is 0.264 e. The molecule has 0 radical (unpaired) electrons. The summed E-state index contributed by atoms with van der Waals surface area (Å²) in [6.45, 7) is 1.08. The van der Waals surface area contributed by atoms with Crippen molar-refractivity contribution in [2.24, 2.45) is 5.92 Å². The van der Waals surface area contributed by atoms with Crippen LogP contribution in [0.5, 0.6) is 0 Å². The first-order valence-corrected chi connectivity index (χ1v) is 13.4. The number of nitrogens with one attached hydrogen (secondary N) is 1. The number of likely N-dealkylation sites (tertiary alicyclic amines) is 1. The lowest BCUT2D eigenvalue weighted by Gasteiger charge is -2.39. The predicted molar refractivity (Wildman–Crippen MR) is 141 cm³/mol. The van der Waals surface area contributed by atoms with Gasteiger partial charge in [-0.05, 0) is 56.7 Å². The maximum absolute atomic E-state index is 13.2. The normalized spacial score (nSPS) is 20.3. The van der Waals surface area contributed by atoms with E-state index in [4.69, 9.17) is 0 Å². The van der Waals surface area contributed by atoms with Gasteiger partial charge in [-0.15, -0.1) is 0 Å². The molecule has 0 bridgehead atoms. The number of hydrogen-bond donors (Lipinski definition) is 2. The van der Waals surface area contributed by atoms with Crippen LogP contribution in [0.15, 0.2) is 41.6 Å². The molecule has 36 heavy (non-hydrogen) atoms. The Kier molecular flexibility index (Phi) is 5.67. The summed E-state index contributed by atoms with van der Waals surface area (Å²) in [5.74, 6) is 0.282. The Morgan fingerprint density at radius 1 is 1.17 bits per heavy atom. The molecular formula is C25H27IN6O4. The Morgan fingerprint density at radius 3 is 2.61 bits per heavy atom. The van der Waals surface area contributed by atoms with Crippen LogP contribution >= 0.6 is 22.6 Å². The molecule has 0 spiro atoms. The molecule has 1 saturated heterocycles. The minimum Gasteiger partial charge on any atom is -0.388 e. The third-order valence-corrected chi connectivity index (χ3v) is 8.92. The molecule has 1 aliphatic heterocycles. The number of carbonyl (C=O) groups excluding carboxylic acids is 2. The van der Waals surface area contributed by atoms with Gasteiger partial charge in [-0.2, -0.15) is 5.10 Å².